The fourth-order valence-corrected chi connectivity index (χ4v) is 3.52. The predicted octanol–water partition coefficient (Wildman–Crippen LogP) is 5.59. The summed E-state index contributed by atoms with van der Waals surface area (Å²) >= 11 is 0. The number of nitrogens with zero attached hydrogens (tertiary/aromatic N) is 2. The molecule has 0 radical (unpaired) electrons. The summed E-state index contributed by atoms with van der Waals surface area (Å²) in [7, 11) is 1.94. The van der Waals surface area contributed by atoms with Gasteiger partial charge in [0.2, 0.25) is 0 Å². The number of carboxylic acids is 1. The first kappa shape index (κ1) is 19.5. The van der Waals surface area contributed by atoms with Crippen LogP contribution in [0.1, 0.15) is 21.6 Å². The number of hydrogen-bond acceptors (Lipinski definition) is 4. The van der Waals surface area contributed by atoms with Gasteiger partial charge in [-0.05, 0) is 36.8 Å². The lowest BCUT2D eigenvalue weighted by molar-refractivity contribution is 0.0689. The van der Waals surface area contributed by atoms with E-state index in [9.17, 15) is 9.90 Å². The molecule has 0 aliphatic carbocycles. The summed E-state index contributed by atoms with van der Waals surface area (Å²) in [5.41, 5.74) is 3.91. The topological polar surface area (TPSA) is 62.7 Å². The molecule has 0 atom stereocenters. The number of carbonyl (C=O) groups is 1. The summed E-state index contributed by atoms with van der Waals surface area (Å²) in [5, 5.41) is 10.5. The Morgan fingerprint density at radius 3 is 2.30 bits per heavy atom. The van der Waals surface area contributed by atoms with E-state index in [1.165, 1.54) is 0 Å². The highest BCUT2D eigenvalue weighted by atomic mass is 16.5. The second-order valence-corrected chi connectivity index (χ2v) is 7.06. The van der Waals surface area contributed by atoms with Crippen LogP contribution in [-0.2, 0) is 6.61 Å². The van der Waals surface area contributed by atoms with Crippen molar-refractivity contribution >= 4 is 28.2 Å². The zero-order valence-corrected chi connectivity index (χ0v) is 16.9. The van der Waals surface area contributed by atoms with Gasteiger partial charge in [0.05, 0.1) is 11.2 Å². The van der Waals surface area contributed by atoms with E-state index >= 15 is 0 Å². The number of rotatable bonds is 6. The van der Waals surface area contributed by atoms with Crippen LogP contribution in [0.15, 0.2) is 78.9 Å². The average Bonchev–Trinajstić information content (AvgIpc) is 2.78. The Balaban J connectivity index is 1.86. The number of hydrogen-bond donors (Lipinski definition) is 1. The number of ether oxygens (including phenoxy) is 1. The van der Waals surface area contributed by atoms with Gasteiger partial charge < -0.3 is 14.7 Å². The van der Waals surface area contributed by atoms with Gasteiger partial charge in [0.25, 0.3) is 0 Å². The molecule has 0 saturated heterocycles. The Morgan fingerprint density at radius 1 is 0.967 bits per heavy atom. The van der Waals surface area contributed by atoms with Crippen LogP contribution in [-0.4, -0.2) is 23.1 Å². The fourth-order valence-electron chi connectivity index (χ4n) is 3.52. The maximum absolute atomic E-state index is 11.9. The van der Waals surface area contributed by atoms with Gasteiger partial charge >= 0.3 is 5.97 Å². The van der Waals surface area contributed by atoms with Crippen molar-refractivity contribution < 1.29 is 14.6 Å². The Morgan fingerprint density at radius 2 is 1.63 bits per heavy atom. The molecule has 0 unspecified atom stereocenters. The molecule has 0 fully saturated rings. The summed E-state index contributed by atoms with van der Waals surface area (Å²) in [6.07, 6.45) is 0. The van der Waals surface area contributed by atoms with Crippen LogP contribution in [0.3, 0.4) is 0 Å². The molecule has 3 aromatic carbocycles. The van der Waals surface area contributed by atoms with Crippen LogP contribution >= 0.6 is 0 Å². The van der Waals surface area contributed by atoms with E-state index in [1.807, 2.05) is 90.8 Å². The summed E-state index contributed by atoms with van der Waals surface area (Å²) in [5.74, 6) is -0.527. The number of aromatic carboxylic acids is 1. The smallest absolute Gasteiger partial charge is 0.354 e. The molecule has 0 saturated carbocycles. The zero-order chi connectivity index (χ0) is 21.1. The van der Waals surface area contributed by atoms with Crippen molar-refractivity contribution in [2.45, 2.75) is 13.5 Å². The number of aromatic nitrogens is 1. The van der Waals surface area contributed by atoms with Crippen LogP contribution in [0.2, 0.25) is 0 Å². The quantitative estimate of drug-likeness (QED) is 0.459. The molecule has 5 nitrogen and oxygen atoms in total. The molecular formula is C25H22N2O3. The first-order chi connectivity index (χ1) is 14.6. The summed E-state index contributed by atoms with van der Waals surface area (Å²) in [6, 6.07) is 25.5. The van der Waals surface area contributed by atoms with Crippen LogP contribution in [0, 0.1) is 6.92 Å². The predicted molar refractivity (Wildman–Crippen MR) is 119 cm³/mol. The highest BCUT2D eigenvalue weighted by Crippen LogP contribution is 2.37. The fraction of sp³-hybridized carbons (Fsp3) is 0.120. The van der Waals surface area contributed by atoms with E-state index in [0.717, 1.165) is 22.3 Å². The van der Waals surface area contributed by atoms with Crippen LogP contribution < -0.4 is 9.64 Å². The zero-order valence-electron chi connectivity index (χ0n) is 16.9. The number of fused-ring (bicyclic) bond motifs is 1. The van der Waals surface area contributed by atoms with Crippen LogP contribution in [0.25, 0.3) is 10.9 Å². The van der Waals surface area contributed by atoms with Crippen molar-refractivity contribution in [1.82, 2.24) is 4.98 Å². The molecule has 0 amide bonds. The van der Waals surface area contributed by atoms with Gasteiger partial charge in [-0.15, -0.1) is 0 Å². The first-order valence-electron chi connectivity index (χ1n) is 9.68. The summed E-state index contributed by atoms with van der Waals surface area (Å²) < 4.78 is 6.15. The molecule has 150 valence electrons. The van der Waals surface area contributed by atoms with Crippen molar-refractivity contribution in [3.63, 3.8) is 0 Å². The molecule has 0 aliphatic rings. The molecule has 5 heteroatoms. The van der Waals surface area contributed by atoms with Gasteiger partial charge in [0.1, 0.15) is 12.4 Å². The molecule has 0 bridgehead atoms. The van der Waals surface area contributed by atoms with E-state index in [-0.39, 0.29) is 5.69 Å². The normalized spacial score (nSPS) is 10.7. The van der Waals surface area contributed by atoms with Crippen LogP contribution in [0.4, 0.5) is 11.4 Å². The molecule has 4 rings (SSSR count). The summed E-state index contributed by atoms with van der Waals surface area (Å²) in [4.78, 5) is 18.4. The number of anilines is 2. The maximum Gasteiger partial charge on any atom is 0.354 e. The van der Waals surface area contributed by atoms with E-state index in [4.69, 9.17) is 4.74 Å². The second-order valence-electron chi connectivity index (χ2n) is 7.06. The van der Waals surface area contributed by atoms with Gasteiger partial charge in [0, 0.05) is 23.7 Å². The third-order valence-corrected chi connectivity index (χ3v) is 5.11. The van der Waals surface area contributed by atoms with E-state index in [2.05, 4.69) is 4.98 Å². The van der Waals surface area contributed by atoms with Crippen molar-refractivity contribution in [3.8, 4) is 5.75 Å². The number of para-hydroxylation sites is 2. The van der Waals surface area contributed by atoms with Crippen molar-refractivity contribution in [2.75, 3.05) is 11.9 Å². The average molecular weight is 398 g/mol. The van der Waals surface area contributed by atoms with E-state index < -0.39 is 5.97 Å². The van der Waals surface area contributed by atoms with Gasteiger partial charge in [0.15, 0.2) is 5.69 Å². The van der Waals surface area contributed by atoms with Crippen molar-refractivity contribution in [3.05, 3.63) is 95.7 Å². The Bertz CT molecular complexity index is 1190. The summed E-state index contributed by atoms with van der Waals surface area (Å²) in [6.45, 7) is 2.09. The largest absolute Gasteiger partial charge is 0.488 e. The SMILES string of the molecule is Cc1c(C(=O)O)nc2c(N(C)c3ccccc3)cccc2c1OCc1ccccc1. The Labute approximate surface area is 175 Å². The Kier molecular flexibility index (Phi) is 5.35. The van der Waals surface area contributed by atoms with Crippen molar-refractivity contribution in [1.29, 1.82) is 0 Å². The third-order valence-electron chi connectivity index (χ3n) is 5.11. The number of benzene rings is 3. The highest BCUT2D eigenvalue weighted by Gasteiger charge is 2.21. The molecule has 1 N–H and O–H groups in total. The molecule has 4 aromatic rings. The van der Waals surface area contributed by atoms with E-state index in [0.29, 0.717) is 23.4 Å². The lowest BCUT2D eigenvalue weighted by Crippen LogP contribution is -2.12. The van der Waals surface area contributed by atoms with Gasteiger partial charge in [-0.25, -0.2) is 9.78 Å². The second kappa shape index (κ2) is 8.25. The monoisotopic (exact) mass is 398 g/mol. The van der Waals surface area contributed by atoms with Gasteiger partial charge in [-0.3, -0.25) is 0 Å². The Hall–Kier alpha value is -3.86. The lowest BCUT2D eigenvalue weighted by atomic mass is 10.1. The van der Waals surface area contributed by atoms with E-state index in [1.54, 1.807) is 6.92 Å². The van der Waals surface area contributed by atoms with Gasteiger partial charge in [-0.1, -0.05) is 54.6 Å². The van der Waals surface area contributed by atoms with Crippen LogP contribution in [0.5, 0.6) is 5.75 Å². The van der Waals surface area contributed by atoms with Gasteiger partial charge in [-0.2, -0.15) is 0 Å². The lowest BCUT2D eigenvalue weighted by Gasteiger charge is -2.22. The number of pyridine rings is 1. The molecule has 30 heavy (non-hydrogen) atoms. The number of carboxylic acid groups (broad SMARTS) is 1. The minimum absolute atomic E-state index is 0.000488. The molecule has 0 aliphatic heterocycles. The molecule has 0 spiro atoms. The first-order valence-corrected chi connectivity index (χ1v) is 9.68. The molecule has 1 heterocycles. The minimum atomic E-state index is -1.07. The molecule has 1 aromatic heterocycles. The maximum atomic E-state index is 11.9. The molecular weight excluding hydrogens is 376 g/mol. The van der Waals surface area contributed by atoms with Crippen molar-refractivity contribution in [2.24, 2.45) is 0 Å². The highest BCUT2D eigenvalue weighted by molar-refractivity contribution is 6.01. The third kappa shape index (κ3) is 3.70. The minimum Gasteiger partial charge on any atom is -0.488 e. The standard InChI is InChI=1S/C25H22N2O3/c1-17-22(25(28)29)26-23-20(24(17)30-16-18-10-5-3-6-11-18)14-9-15-21(23)27(2)19-12-7-4-8-13-19/h3-15H,16H2,1-2H3,(H,28,29).